The van der Waals surface area contributed by atoms with E-state index in [0.717, 1.165) is 21.5 Å². The van der Waals surface area contributed by atoms with E-state index in [1.54, 1.807) is 26.6 Å². The molecule has 0 saturated carbocycles. The molecule has 0 atom stereocenters. The molecule has 0 aliphatic rings. The molecule has 20 heavy (non-hydrogen) atoms. The van der Waals surface area contributed by atoms with Crippen LogP contribution in [0.25, 0.3) is 0 Å². The Morgan fingerprint density at radius 3 is 2.10 bits per heavy atom. The van der Waals surface area contributed by atoms with E-state index in [2.05, 4.69) is 25.9 Å². The standard InChI is InChI=1S/C14H16BrN3O2/c1-18(14-16-7-11(15)8-17-14)9-10-4-12(19-2)6-13(5-10)20-3/h4-8H,9H2,1-3H3. The van der Waals surface area contributed by atoms with E-state index >= 15 is 0 Å². The fourth-order valence-electron chi connectivity index (χ4n) is 1.80. The maximum atomic E-state index is 5.26. The molecular formula is C14H16BrN3O2. The molecule has 0 aliphatic heterocycles. The quantitative estimate of drug-likeness (QED) is 0.839. The van der Waals surface area contributed by atoms with Crippen LogP contribution in [0.4, 0.5) is 5.95 Å². The molecule has 0 radical (unpaired) electrons. The van der Waals surface area contributed by atoms with E-state index in [4.69, 9.17) is 9.47 Å². The SMILES string of the molecule is COc1cc(CN(C)c2ncc(Br)cn2)cc(OC)c1. The van der Waals surface area contributed by atoms with Gasteiger partial charge in [-0.3, -0.25) is 0 Å². The largest absolute Gasteiger partial charge is 0.497 e. The van der Waals surface area contributed by atoms with Gasteiger partial charge in [0.2, 0.25) is 5.95 Å². The maximum absolute atomic E-state index is 5.26. The van der Waals surface area contributed by atoms with Crippen LogP contribution >= 0.6 is 15.9 Å². The fourth-order valence-corrected chi connectivity index (χ4v) is 2.01. The summed E-state index contributed by atoms with van der Waals surface area (Å²) in [4.78, 5) is 10.5. The van der Waals surface area contributed by atoms with E-state index in [-0.39, 0.29) is 0 Å². The van der Waals surface area contributed by atoms with Crippen LogP contribution in [0.2, 0.25) is 0 Å². The number of hydrogen-bond donors (Lipinski definition) is 0. The van der Waals surface area contributed by atoms with Crippen molar-refractivity contribution in [2.75, 3.05) is 26.2 Å². The molecule has 2 aromatic rings. The summed E-state index contributed by atoms with van der Waals surface area (Å²) in [5.74, 6) is 2.20. The summed E-state index contributed by atoms with van der Waals surface area (Å²) >= 11 is 3.32. The summed E-state index contributed by atoms with van der Waals surface area (Å²) in [6, 6.07) is 5.79. The van der Waals surface area contributed by atoms with Crippen molar-refractivity contribution >= 4 is 21.9 Å². The fraction of sp³-hybridized carbons (Fsp3) is 0.286. The van der Waals surface area contributed by atoms with Gasteiger partial charge in [0, 0.05) is 32.1 Å². The number of aromatic nitrogens is 2. The summed E-state index contributed by atoms with van der Waals surface area (Å²) in [7, 11) is 5.22. The number of benzene rings is 1. The maximum Gasteiger partial charge on any atom is 0.225 e. The van der Waals surface area contributed by atoms with Gasteiger partial charge in [-0.05, 0) is 33.6 Å². The molecular weight excluding hydrogens is 322 g/mol. The molecule has 0 saturated heterocycles. The third-order valence-corrected chi connectivity index (χ3v) is 3.19. The molecule has 1 heterocycles. The van der Waals surface area contributed by atoms with Gasteiger partial charge in [0.25, 0.3) is 0 Å². The Labute approximate surface area is 126 Å². The second-order valence-electron chi connectivity index (χ2n) is 4.28. The van der Waals surface area contributed by atoms with Gasteiger partial charge >= 0.3 is 0 Å². The van der Waals surface area contributed by atoms with Crippen LogP contribution in [-0.2, 0) is 6.54 Å². The molecule has 0 N–H and O–H groups in total. The first-order chi connectivity index (χ1) is 9.62. The van der Waals surface area contributed by atoms with Crippen LogP contribution in [0.5, 0.6) is 11.5 Å². The molecule has 1 aromatic carbocycles. The smallest absolute Gasteiger partial charge is 0.225 e. The van der Waals surface area contributed by atoms with E-state index < -0.39 is 0 Å². The van der Waals surface area contributed by atoms with Gasteiger partial charge in [-0.2, -0.15) is 0 Å². The first-order valence-electron chi connectivity index (χ1n) is 6.03. The molecule has 106 valence electrons. The van der Waals surface area contributed by atoms with Gasteiger partial charge < -0.3 is 14.4 Å². The lowest BCUT2D eigenvalue weighted by Gasteiger charge is -2.17. The predicted molar refractivity (Wildman–Crippen MR) is 81.4 cm³/mol. The Bertz CT molecular complexity index is 553. The molecule has 0 spiro atoms. The molecule has 1 aromatic heterocycles. The monoisotopic (exact) mass is 337 g/mol. The number of ether oxygens (including phenoxy) is 2. The van der Waals surface area contributed by atoms with Crippen LogP contribution in [0, 0.1) is 0 Å². The molecule has 0 fully saturated rings. The van der Waals surface area contributed by atoms with E-state index in [1.165, 1.54) is 0 Å². The lowest BCUT2D eigenvalue weighted by atomic mass is 10.2. The zero-order valence-electron chi connectivity index (χ0n) is 11.6. The van der Waals surface area contributed by atoms with Gasteiger partial charge in [0.1, 0.15) is 11.5 Å². The third kappa shape index (κ3) is 3.60. The van der Waals surface area contributed by atoms with Crippen molar-refractivity contribution in [2.24, 2.45) is 0 Å². The van der Waals surface area contributed by atoms with Crippen LogP contribution in [0.1, 0.15) is 5.56 Å². The highest BCUT2D eigenvalue weighted by molar-refractivity contribution is 9.10. The minimum atomic E-state index is 0.662. The zero-order valence-corrected chi connectivity index (χ0v) is 13.2. The van der Waals surface area contributed by atoms with Gasteiger partial charge in [-0.1, -0.05) is 0 Å². The van der Waals surface area contributed by atoms with Crippen molar-refractivity contribution in [3.8, 4) is 11.5 Å². The number of nitrogens with zero attached hydrogens (tertiary/aromatic N) is 3. The average Bonchev–Trinajstić information content (AvgIpc) is 2.47. The van der Waals surface area contributed by atoms with Crippen molar-refractivity contribution in [2.45, 2.75) is 6.54 Å². The highest BCUT2D eigenvalue weighted by Gasteiger charge is 2.08. The van der Waals surface area contributed by atoms with Crippen molar-refractivity contribution in [1.82, 2.24) is 9.97 Å². The number of anilines is 1. The molecule has 5 nitrogen and oxygen atoms in total. The van der Waals surface area contributed by atoms with Crippen LogP contribution in [0.15, 0.2) is 35.1 Å². The van der Waals surface area contributed by atoms with Gasteiger partial charge in [-0.15, -0.1) is 0 Å². The minimum absolute atomic E-state index is 0.662. The molecule has 0 amide bonds. The second-order valence-corrected chi connectivity index (χ2v) is 5.19. The number of hydrogen-bond acceptors (Lipinski definition) is 5. The molecule has 0 unspecified atom stereocenters. The highest BCUT2D eigenvalue weighted by atomic mass is 79.9. The van der Waals surface area contributed by atoms with Crippen molar-refractivity contribution in [1.29, 1.82) is 0 Å². The van der Waals surface area contributed by atoms with Crippen LogP contribution in [-0.4, -0.2) is 31.2 Å². The first kappa shape index (κ1) is 14.6. The summed E-state index contributed by atoms with van der Waals surface area (Å²) in [6.07, 6.45) is 3.45. The number of halogens is 1. The third-order valence-electron chi connectivity index (χ3n) is 2.78. The van der Waals surface area contributed by atoms with Crippen LogP contribution < -0.4 is 14.4 Å². The Balaban J connectivity index is 2.18. The summed E-state index contributed by atoms with van der Waals surface area (Å²) in [5, 5.41) is 0. The predicted octanol–water partition coefficient (Wildman–Crippen LogP) is 2.89. The van der Waals surface area contributed by atoms with Crippen molar-refractivity contribution in [3.05, 3.63) is 40.6 Å². The van der Waals surface area contributed by atoms with Crippen LogP contribution in [0.3, 0.4) is 0 Å². The normalized spacial score (nSPS) is 10.2. The molecule has 6 heteroatoms. The van der Waals surface area contributed by atoms with E-state index in [9.17, 15) is 0 Å². The zero-order chi connectivity index (χ0) is 14.5. The second kappa shape index (κ2) is 6.56. The Morgan fingerprint density at radius 1 is 1.05 bits per heavy atom. The average molecular weight is 338 g/mol. The van der Waals surface area contributed by atoms with E-state index in [0.29, 0.717) is 12.5 Å². The number of methoxy groups -OCH3 is 2. The van der Waals surface area contributed by atoms with Crippen molar-refractivity contribution < 1.29 is 9.47 Å². The minimum Gasteiger partial charge on any atom is -0.497 e. The Morgan fingerprint density at radius 2 is 1.60 bits per heavy atom. The molecule has 0 aliphatic carbocycles. The molecule has 2 rings (SSSR count). The summed E-state index contributed by atoms with van der Waals surface area (Å²) in [5.41, 5.74) is 1.07. The van der Waals surface area contributed by atoms with Gasteiger partial charge in [0.15, 0.2) is 0 Å². The van der Waals surface area contributed by atoms with Crippen molar-refractivity contribution in [3.63, 3.8) is 0 Å². The van der Waals surface area contributed by atoms with Gasteiger partial charge in [0.05, 0.1) is 18.7 Å². The Kier molecular flexibility index (Phi) is 4.79. The highest BCUT2D eigenvalue weighted by Crippen LogP contribution is 2.24. The Hall–Kier alpha value is -1.82. The lowest BCUT2D eigenvalue weighted by molar-refractivity contribution is 0.393. The summed E-state index contributed by atoms with van der Waals surface area (Å²) in [6.45, 7) is 0.662. The summed E-state index contributed by atoms with van der Waals surface area (Å²) < 4.78 is 11.4. The lowest BCUT2D eigenvalue weighted by Crippen LogP contribution is -2.19. The molecule has 0 bridgehead atoms. The topological polar surface area (TPSA) is 47.5 Å². The van der Waals surface area contributed by atoms with Gasteiger partial charge in [-0.25, -0.2) is 9.97 Å². The number of rotatable bonds is 5. The van der Waals surface area contributed by atoms with E-state index in [1.807, 2.05) is 30.1 Å². The first-order valence-corrected chi connectivity index (χ1v) is 6.82.